The molecule has 0 amide bonds. The predicted molar refractivity (Wildman–Crippen MR) is 63.7 cm³/mol. The van der Waals surface area contributed by atoms with Crippen molar-refractivity contribution in [2.24, 2.45) is 11.8 Å². The predicted octanol–water partition coefficient (Wildman–Crippen LogP) is -0.339. The Morgan fingerprint density at radius 1 is 1.41 bits per heavy atom. The van der Waals surface area contributed by atoms with Gasteiger partial charge in [0, 0.05) is 23.8 Å². The molecule has 1 rings (SSSR count). The summed E-state index contributed by atoms with van der Waals surface area (Å²) in [5.74, 6) is -1.29. The highest BCUT2D eigenvalue weighted by molar-refractivity contribution is 6.58. The molecule has 1 aromatic rings. The Kier molecular flexibility index (Phi) is 4.66. The number of carboxylic acid groups (broad SMARTS) is 1. The molecule has 1 aromatic heterocycles. The van der Waals surface area contributed by atoms with E-state index in [0.717, 1.165) is 0 Å². The molecule has 6 heteroatoms. The van der Waals surface area contributed by atoms with Crippen LogP contribution in [0.2, 0.25) is 0 Å². The molecule has 1 unspecified atom stereocenters. The first-order chi connectivity index (χ1) is 7.91. The second-order valence-corrected chi connectivity index (χ2v) is 4.35. The van der Waals surface area contributed by atoms with Crippen molar-refractivity contribution in [2.45, 2.75) is 20.3 Å². The van der Waals surface area contributed by atoms with Gasteiger partial charge in [-0.05, 0) is 12.0 Å². The summed E-state index contributed by atoms with van der Waals surface area (Å²) in [6.45, 7) is 3.70. The molecule has 0 saturated carbocycles. The van der Waals surface area contributed by atoms with Gasteiger partial charge in [0.2, 0.25) is 0 Å². The molecule has 0 aliphatic carbocycles. The molecular formula is C11H16BNO4. The van der Waals surface area contributed by atoms with Gasteiger partial charge in [0.15, 0.2) is 0 Å². The molecule has 0 bridgehead atoms. The van der Waals surface area contributed by atoms with Gasteiger partial charge in [0.05, 0.1) is 5.92 Å². The van der Waals surface area contributed by atoms with Crippen LogP contribution in [0.1, 0.15) is 19.5 Å². The number of hydrogen-bond acceptors (Lipinski definition) is 4. The van der Waals surface area contributed by atoms with Crippen LogP contribution in [0.4, 0.5) is 0 Å². The van der Waals surface area contributed by atoms with E-state index in [2.05, 4.69) is 4.98 Å². The van der Waals surface area contributed by atoms with Gasteiger partial charge >= 0.3 is 13.1 Å². The van der Waals surface area contributed by atoms with Crippen molar-refractivity contribution in [1.82, 2.24) is 4.98 Å². The maximum absolute atomic E-state index is 11.0. The van der Waals surface area contributed by atoms with Gasteiger partial charge in [0.25, 0.3) is 0 Å². The third-order valence-electron chi connectivity index (χ3n) is 2.70. The Morgan fingerprint density at radius 3 is 2.41 bits per heavy atom. The lowest BCUT2D eigenvalue weighted by molar-refractivity contribution is -0.143. The minimum atomic E-state index is -1.54. The third kappa shape index (κ3) is 3.83. The van der Waals surface area contributed by atoms with Crippen LogP contribution in [0, 0.1) is 11.8 Å². The summed E-state index contributed by atoms with van der Waals surface area (Å²) in [7, 11) is -1.54. The van der Waals surface area contributed by atoms with E-state index in [9.17, 15) is 4.79 Å². The second kappa shape index (κ2) is 5.79. The number of carboxylic acids is 1. The van der Waals surface area contributed by atoms with Crippen LogP contribution < -0.4 is 5.46 Å². The summed E-state index contributed by atoms with van der Waals surface area (Å²) < 4.78 is 0. The number of aromatic nitrogens is 1. The van der Waals surface area contributed by atoms with Crippen LogP contribution in [0.5, 0.6) is 0 Å². The van der Waals surface area contributed by atoms with Crippen LogP contribution in [-0.4, -0.2) is 33.2 Å². The molecule has 0 radical (unpaired) electrons. The number of pyridine rings is 1. The quantitative estimate of drug-likeness (QED) is 0.609. The normalized spacial score (nSPS) is 12.5. The zero-order valence-corrected chi connectivity index (χ0v) is 9.87. The van der Waals surface area contributed by atoms with Gasteiger partial charge in [-0.25, -0.2) is 0 Å². The van der Waals surface area contributed by atoms with Crippen LogP contribution in [0.3, 0.4) is 0 Å². The van der Waals surface area contributed by atoms with Gasteiger partial charge in [-0.2, -0.15) is 0 Å². The summed E-state index contributed by atoms with van der Waals surface area (Å²) >= 11 is 0. The fraction of sp³-hybridized carbons (Fsp3) is 0.455. The smallest absolute Gasteiger partial charge is 0.481 e. The van der Waals surface area contributed by atoms with Crippen LogP contribution in [0.15, 0.2) is 18.3 Å². The second-order valence-electron chi connectivity index (χ2n) is 4.35. The fourth-order valence-corrected chi connectivity index (χ4v) is 1.54. The first-order valence-corrected chi connectivity index (χ1v) is 5.45. The molecule has 17 heavy (non-hydrogen) atoms. The Morgan fingerprint density at radius 2 is 2.06 bits per heavy atom. The largest absolute Gasteiger partial charge is 0.490 e. The SMILES string of the molecule is CC(C)C(Cc1ccc(B(O)O)cn1)C(=O)O. The topological polar surface area (TPSA) is 90.7 Å². The van der Waals surface area contributed by atoms with Crippen molar-refractivity contribution in [1.29, 1.82) is 0 Å². The first-order valence-electron chi connectivity index (χ1n) is 5.45. The maximum Gasteiger partial charge on any atom is 0.490 e. The lowest BCUT2D eigenvalue weighted by Crippen LogP contribution is -2.30. The van der Waals surface area contributed by atoms with E-state index in [4.69, 9.17) is 15.2 Å². The highest BCUT2D eigenvalue weighted by Crippen LogP contribution is 2.15. The Labute approximate surface area is 100 Å². The summed E-state index contributed by atoms with van der Waals surface area (Å²) in [4.78, 5) is 15.0. The molecule has 1 heterocycles. The molecule has 5 nitrogen and oxygen atoms in total. The van der Waals surface area contributed by atoms with Crippen molar-refractivity contribution < 1.29 is 19.9 Å². The van der Waals surface area contributed by atoms with E-state index in [1.54, 1.807) is 6.07 Å². The van der Waals surface area contributed by atoms with Gasteiger partial charge in [0.1, 0.15) is 0 Å². The van der Waals surface area contributed by atoms with Gasteiger partial charge in [-0.3, -0.25) is 9.78 Å². The van der Waals surface area contributed by atoms with Crippen molar-refractivity contribution in [3.63, 3.8) is 0 Å². The zero-order valence-electron chi connectivity index (χ0n) is 9.87. The molecule has 92 valence electrons. The number of aliphatic carboxylic acids is 1. The Balaban J connectivity index is 2.77. The lowest BCUT2D eigenvalue weighted by atomic mass is 9.81. The van der Waals surface area contributed by atoms with E-state index < -0.39 is 19.0 Å². The van der Waals surface area contributed by atoms with Crippen molar-refractivity contribution in [3.05, 3.63) is 24.0 Å². The lowest BCUT2D eigenvalue weighted by Gasteiger charge is -2.15. The van der Waals surface area contributed by atoms with E-state index in [1.165, 1.54) is 12.3 Å². The molecule has 0 spiro atoms. The van der Waals surface area contributed by atoms with E-state index in [0.29, 0.717) is 17.6 Å². The van der Waals surface area contributed by atoms with E-state index in [-0.39, 0.29) is 5.92 Å². The van der Waals surface area contributed by atoms with Crippen LogP contribution >= 0.6 is 0 Å². The first kappa shape index (κ1) is 13.7. The Hall–Kier alpha value is -1.40. The standard InChI is InChI=1S/C11H16BNO4/c1-7(2)10(11(14)15)5-9-4-3-8(6-13-9)12(16)17/h3-4,6-7,10,16-17H,5H2,1-2H3,(H,14,15). The maximum atomic E-state index is 11.0. The van der Waals surface area contributed by atoms with E-state index >= 15 is 0 Å². The molecule has 3 N–H and O–H groups in total. The average molecular weight is 237 g/mol. The van der Waals surface area contributed by atoms with Crippen LogP contribution in [-0.2, 0) is 11.2 Å². The van der Waals surface area contributed by atoms with Crippen molar-refractivity contribution >= 4 is 18.6 Å². The number of hydrogen-bond donors (Lipinski definition) is 3. The van der Waals surface area contributed by atoms with Crippen LogP contribution in [0.25, 0.3) is 0 Å². The highest BCUT2D eigenvalue weighted by Gasteiger charge is 2.22. The van der Waals surface area contributed by atoms with E-state index in [1.807, 2.05) is 13.8 Å². The summed E-state index contributed by atoms with van der Waals surface area (Å²) in [5, 5.41) is 26.8. The Bertz CT molecular complexity index is 378. The fourth-order valence-electron chi connectivity index (χ4n) is 1.54. The average Bonchev–Trinajstić information content (AvgIpc) is 2.25. The summed E-state index contributed by atoms with van der Waals surface area (Å²) in [6, 6.07) is 3.15. The molecule has 0 aliphatic rings. The van der Waals surface area contributed by atoms with Crippen molar-refractivity contribution in [2.75, 3.05) is 0 Å². The minimum Gasteiger partial charge on any atom is -0.481 e. The zero-order chi connectivity index (χ0) is 13.0. The van der Waals surface area contributed by atoms with Crippen molar-refractivity contribution in [3.8, 4) is 0 Å². The molecule has 0 saturated heterocycles. The molecule has 0 aliphatic heterocycles. The molecule has 0 fully saturated rings. The third-order valence-corrected chi connectivity index (χ3v) is 2.70. The summed E-state index contributed by atoms with van der Waals surface area (Å²) in [5.41, 5.74) is 0.931. The molecular weight excluding hydrogens is 221 g/mol. The minimum absolute atomic E-state index is 0.0254. The molecule has 1 atom stereocenters. The number of rotatable bonds is 5. The number of nitrogens with zero attached hydrogens (tertiary/aromatic N) is 1. The molecule has 0 aromatic carbocycles. The number of carbonyl (C=O) groups is 1. The monoisotopic (exact) mass is 237 g/mol. The van der Waals surface area contributed by atoms with Gasteiger partial charge < -0.3 is 15.2 Å². The summed E-state index contributed by atoms with van der Waals surface area (Å²) in [6.07, 6.45) is 1.69. The van der Waals surface area contributed by atoms with Gasteiger partial charge in [-0.15, -0.1) is 0 Å². The highest BCUT2D eigenvalue weighted by atomic mass is 16.4. The van der Waals surface area contributed by atoms with Gasteiger partial charge in [-0.1, -0.05) is 19.9 Å².